The Morgan fingerprint density at radius 1 is 0.851 bits per heavy atom. The number of ether oxygens (including phenoxy) is 1. The fourth-order valence-corrected chi connectivity index (χ4v) is 7.45. The van der Waals surface area contributed by atoms with Crippen molar-refractivity contribution in [3.63, 3.8) is 0 Å². The van der Waals surface area contributed by atoms with Crippen molar-refractivity contribution in [2.75, 3.05) is 17.5 Å². The van der Waals surface area contributed by atoms with Gasteiger partial charge in [0.05, 0.1) is 17.2 Å². The van der Waals surface area contributed by atoms with E-state index in [1.165, 1.54) is 12.1 Å². The summed E-state index contributed by atoms with van der Waals surface area (Å²) in [7, 11) is -4.17. The van der Waals surface area contributed by atoms with Gasteiger partial charge in [0.15, 0.2) is 0 Å². The quantitative estimate of drug-likeness (QED) is 0.173. The van der Waals surface area contributed by atoms with Gasteiger partial charge in [0, 0.05) is 19.0 Å². The summed E-state index contributed by atoms with van der Waals surface area (Å²) in [6.07, 6.45) is 4.18. The smallest absolute Gasteiger partial charge is 0.264 e. The normalized spacial score (nSPS) is 13.9. The molecule has 0 aromatic heterocycles. The second-order valence-electron chi connectivity index (χ2n) is 11.9. The first-order valence-electron chi connectivity index (χ1n) is 16.2. The molecule has 246 valence electrons. The highest BCUT2D eigenvalue weighted by Crippen LogP contribution is 2.27. The van der Waals surface area contributed by atoms with E-state index >= 15 is 0 Å². The predicted molar refractivity (Wildman–Crippen MR) is 185 cm³/mol. The summed E-state index contributed by atoms with van der Waals surface area (Å²) in [5.41, 5.74) is 3.07. The third-order valence-electron chi connectivity index (χ3n) is 8.62. The Kier molecular flexibility index (Phi) is 11.3. The SMILES string of the molecule is CCOc1ccc(N(CC(=O)N(Cc2ccccc2C)[C@@H](Cc2ccccc2)C(=O)NC2CCCC2)S(=O)(=O)c2ccccc2)cc1. The van der Waals surface area contributed by atoms with Gasteiger partial charge in [-0.2, -0.15) is 0 Å². The molecule has 0 heterocycles. The Balaban J connectivity index is 1.56. The molecule has 1 N–H and O–H groups in total. The third-order valence-corrected chi connectivity index (χ3v) is 10.4. The van der Waals surface area contributed by atoms with Gasteiger partial charge >= 0.3 is 0 Å². The van der Waals surface area contributed by atoms with E-state index in [1.807, 2.05) is 68.4 Å². The van der Waals surface area contributed by atoms with E-state index in [1.54, 1.807) is 47.4 Å². The highest BCUT2D eigenvalue weighted by Gasteiger charge is 2.35. The lowest BCUT2D eigenvalue weighted by Gasteiger charge is -2.34. The number of aryl methyl sites for hydroxylation is 1. The van der Waals surface area contributed by atoms with Crippen molar-refractivity contribution in [2.24, 2.45) is 0 Å². The summed E-state index contributed by atoms with van der Waals surface area (Å²) in [6.45, 7) is 3.94. The van der Waals surface area contributed by atoms with Gasteiger partial charge in [0.2, 0.25) is 11.8 Å². The van der Waals surface area contributed by atoms with Crippen molar-refractivity contribution in [2.45, 2.75) is 69.5 Å². The number of hydrogen-bond donors (Lipinski definition) is 1. The van der Waals surface area contributed by atoms with E-state index in [2.05, 4.69) is 5.32 Å². The molecule has 8 nitrogen and oxygen atoms in total. The lowest BCUT2D eigenvalue weighted by Crippen LogP contribution is -2.54. The largest absolute Gasteiger partial charge is 0.494 e. The summed E-state index contributed by atoms with van der Waals surface area (Å²) in [6, 6.07) is 31.3. The van der Waals surface area contributed by atoms with Crippen LogP contribution in [0.4, 0.5) is 5.69 Å². The number of carbonyl (C=O) groups is 2. The average molecular weight is 654 g/mol. The molecule has 47 heavy (non-hydrogen) atoms. The van der Waals surface area contributed by atoms with Gasteiger partial charge < -0.3 is 15.0 Å². The number of benzene rings is 4. The molecule has 1 saturated carbocycles. The van der Waals surface area contributed by atoms with E-state index in [4.69, 9.17) is 4.74 Å². The first-order chi connectivity index (χ1) is 22.8. The van der Waals surface area contributed by atoms with Crippen molar-refractivity contribution in [3.8, 4) is 5.75 Å². The number of hydrogen-bond acceptors (Lipinski definition) is 5. The molecule has 1 fully saturated rings. The lowest BCUT2D eigenvalue weighted by atomic mass is 10.0. The maximum atomic E-state index is 14.7. The Morgan fingerprint density at radius 3 is 2.11 bits per heavy atom. The molecule has 1 aliphatic carbocycles. The molecule has 4 aromatic rings. The van der Waals surface area contributed by atoms with Gasteiger partial charge in [0.1, 0.15) is 18.3 Å². The van der Waals surface area contributed by atoms with Crippen LogP contribution in [0.2, 0.25) is 0 Å². The van der Waals surface area contributed by atoms with E-state index in [0.29, 0.717) is 18.0 Å². The minimum atomic E-state index is -4.17. The molecule has 0 radical (unpaired) electrons. The van der Waals surface area contributed by atoms with Crippen molar-refractivity contribution in [1.29, 1.82) is 0 Å². The fourth-order valence-electron chi connectivity index (χ4n) is 6.02. The van der Waals surface area contributed by atoms with Crippen LogP contribution in [-0.4, -0.2) is 50.4 Å². The zero-order valence-corrected chi connectivity index (χ0v) is 27.9. The van der Waals surface area contributed by atoms with Crippen LogP contribution in [0.5, 0.6) is 5.75 Å². The maximum Gasteiger partial charge on any atom is 0.264 e. The van der Waals surface area contributed by atoms with Gasteiger partial charge in [-0.1, -0.05) is 85.6 Å². The Morgan fingerprint density at radius 2 is 1.47 bits per heavy atom. The molecule has 0 saturated heterocycles. The van der Waals surface area contributed by atoms with Crippen LogP contribution in [0.15, 0.2) is 114 Å². The highest BCUT2D eigenvalue weighted by molar-refractivity contribution is 7.92. The number of nitrogens with zero attached hydrogens (tertiary/aromatic N) is 2. The molecule has 5 rings (SSSR count). The van der Waals surface area contributed by atoms with Crippen molar-refractivity contribution in [1.82, 2.24) is 10.2 Å². The van der Waals surface area contributed by atoms with Crippen molar-refractivity contribution >= 4 is 27.5 Å². The van der Waals surface area contributed by atoms with Crippen LogP contribution in [-0.2, 0) is 32.6 Å². The van der Waals surface area contributed by atoms with Crippen LogP contribution < -0.4 is 14.4 Å². The molecule has 0 aliphatic heterocycles. The number of amides is 2. The Hall–Kier alpha value is -4.63. The van der Waals surface area contributed by atoms with Crippen molar-refractivity contribution < 1.29 is 22.7 Å². The zero-order valence-electron chi connectivity index (χ0n) is 27.0. The second-order valence-corrected chi connectivity index (χ2v) is 13.8. The van der Waals surface area contributed by atoms with Crippen LogP contribution in [0, 0.1) is 6.92 Å². The first-order valence-corrected chi connectivity index (χ1v) is 17.7. The minimum Gasteiger partial charge on any atom is -0.494 e. The maximum absolute atomic E-state index is 14.7. The van der Waals surface area contributed by atoms with Gasteiger partial charge in [-0.05, 0) is 79.8 Å². The second kappa shape index (κ2) is 15.8. The number of rotatable bonds is 14. The van der Waals surface area contributed by atoms with Crippen LogP contribution in [0.3, 0.4) is 0 Å². The molecule has 2 amide bonds. The number of carbonyl (C=O) groups excluding carboxylic acids is 2. The summed E-state index contributed by atoms with van der Waals surface area (Å²) >= 11 is 0. The van der Waals surface area contributed by atoms with Crippen molar-refractivity contribution in [3.05, 3.63) is 126 Å². The summed E-state index contributed by atoms with van der Waals surface area (Å²) < 4.78 is 35.1. The summed E-state index contributed by atoms with van der Waals surface area (Å²) in [5.74, 6) is -0.127. The Bertz CT molecular complexity index is 1720. The Labute approximate surface area is 278 Å². The van der Waals surface area contributed by atoms with E-state index in [-0.39, 0.29) is 29.8 Å². The number of sulfonamides is 1. The number of nitrogens with one attached hydrogen (secondary N) is 1. The molecule has 1 aliphatic rings. The third kappa shape index (κ3) is 8.60. The van der Waals surface area contributed by atoms with E-state index < -0.39 is 28.5 Å². The molecule has 0 bridgehead atoms. The summed E-state index contributed by atoms with van der Waals surface area (Å²) in [5, 5.41) is 3.22. The molecule has 0 unspecified atom stereocenters. The first kappa shape index (κ1) is 33.7. The van der Waals surface area contributed by atoms with E-state index in [0.717, 1.165) is 46.7 Å². The molecular weight excluding hydrogens is 611 g/mol. The molecule has 1 atom stereocenters. The van der Waals surface area contributed by atoms with E-state index in [9.17, 15) is 18.0 Å². The minimum absolute atomic E-state index is 0.0509. The highest BCUT2D eigenvalue weighted by atomic mass is 32.2. The van der Waals surface area contributed by atoms with Crippen LogP contribution >= 0.6 is 0 Å². The fraction of sp³-hybridized carbons (Fsp3) is 0.316. The summed E-state index contributed by atoms with van der Waals surface area (Å²) in [4.78, 5) is 30.4. The molecule has 9 heteroatoms. The predicted octanol–water partition coefficient (Wildman–Crippen LogP) is 6.29. The standard InChI is InChI=1S/C38H43N3O5S/c1-3-46-34-24-22-33(23-25-34)41(47(44,45)35-20-8-5-9-21-35)28-37(42)40(27-31-17-11-10-14-29(31)2)36(26-30-15-6-4-7-16-30)38(43)39-32-18-12-13-19-32/h4-11,14-17,20-25,32,36H,3,12-13,18-19,26-28H2,1-2H3,(H,39,43)/t36-/m0/s1. The van der Waals surface area contributed by atoms with Gasteiger partial charge in [0.25, 0.3) is 10.0 Å². The molecular formula is C38H43N3O5S. The van der Waals surface area contributed by atoms with Gasteiger partial charge in [-0.25, -0.2) is 8.42 Å². The monoisotopic (exact) mass is 653 g/mol. The topological polar surface area (TPSA) is 96.0 Å². The van der Waals surface area contributed by atoms with Gasteiger partial charge in [-0.15, -0.1) is 0 Å². The molecule has 4 aromatic carbocycles. The average Bonchev–Trinajstić information content (AvgIpc) is 3.60. The number of anilines is 1. The molecule has 0 spiro atoms. The zero-order chi connectivity index (χ0) is 33.2. The lowest BCUT2D eigenvalue weighted by molar-refractivity contribution is -0.140. The van der Waals surface area contributed by atoms with Crippen LogP contribution in [0.25, 0.3) is 0 Å². The van der Waals surface area contributed by atoms with Crippen LogP contribution in [0.1, 0.15) is 49.3 Å². The van der Waals surface area contributed by atoms with Gasteiger partial charge in [-0.3, -0.25) is 13.9 Å².